The number of aromatic nitrogens is 2. The molecule has 5 aliphatic heterocycles. The number of aromatic carboxylic acids is 1. The highest BCUT2D eigenvalue weighted by Gasteiger charge is 2.36. The Hall–Kier alpha value is -6.78. The maximum Gasteiger partial charge on any atom is 0.336 e. The first kappa shape index (κ1) is 44.7. The molecule has 11 rings (SSSR count). The maximum atomic E-state index is 14.0. The molecule has 0 aliphatic carbocycles. The molecule has 6 heterocycles. The lowest BCUT2D eigenvalue weighted by molar-refractivity contribution is -0.195. The number of carbonyl (C=O) groups is 3. The van der Waals surface area contributed by atoms with E-state index in [9.17, 15) is 19.5 Å². The van der Waals surface area contributed by atoms with Crippen molar-refractivity contribution in [3.05, 3.63) is 151 Å². The minimum Gasteiger partial charge on any atom is -0.478 e. The number of nitrogens with one attached hydrogen (secondary N) is 2. The van der Waals surface area contributed by atoms with Gasteiger partial charge in [0.2, 0.25) is 11.3 Å². The van der Waals surface area contributed by atoms with Gasteiger partial charge in [0.05, 0.1) is 40.2 Å². The van der Waals surface area contributed by atoms with Crippen LogP contribution in [0.5, 0.6) is 11.5 Å². The Labute approximate surface area is 403 Å². The van der Waals surface area contributed by atoms with Gasteiger partial charge in [0.15, 0.2) is 0 Å². The van der Waals surface area contributed by atoms with Gasteiger partial charge in [-0.25, -0.2) is 14.1 Å². The van der Waals surface area contributed by atoms with Crippen LogP contribution in [0.4, 0.5) is 5.69 Å². The highest BCUT2D eigenvalue weighted by molar-refractivity contribution is 7.94. The first-order chi connectivity index (χ1) is 33.7. The number of carboxylic acids is 1. The molecule has 6 aromatic rings. The highest BCUT2D eigenvalue weighted by atomic mass is 32.2. The molecule has 0 saturated heterocycles. The van der Waals surface area contributed by atoms with Crippen LogP contribution in [0.25, 0.3) is 22.5 Å². The SMILES string of the molecule is Cc1ccc(-c2cc(CCC(=O)NCCNC(=O)c3ccc(C(=O)O)c(C4=c5cc6c7c(c5Oc5c4cc4c8c5CCCN8CCC4)CCC[N+]=7CCC6)c3)nn2-c2ccc(SOON)cc2)cc1. The molecule has 352 valence electrons. The number of fused-ring (bicyclic) bond motifs is 4. The van der Waals surface area contributed by atoms with Gasteiger partial charge in [0.25, 0.3) is 5.91 Å². The van der Waals surface area contributed by atoms with Crippen molar-refractivity contribution in [1.29, 1.82) is 0 Å². The van der Waals surface area contributed by atoms with E-state index >= 15 is 0 Å². The Bertz CT molecular complexity index is 3180. The molecule has 1 aromatic heterocycles. The largest absolute Gasteiger partial charge is 0.478 e. The van der Waals surface area contributed by atoms with E-state index in [1.54, 1.807) is 18.2 Å². The zero-order valence-electron chi connectivity index (χ0n) is 38.6. The number of nitrogens with two attached hydrogens (primary N) is 1. The van der Waals surface area contributed by atoms with Crippen LogP contribution in [-0.4, -0.2) is 71.9 Å². The molecule has 14 nitrogen and oxygen atoms in total. The number of hydrogen-bond donors (Lipinski definition) is 4. The molecule has 69 heavy (non-hydrogen) atoms. The van der Waals surface area contributed by atoms with Crippen LogP contribution in [-0.2, 0) is 46.2 Å². The van der Waals surface area contributed by atoms with Gasteiger partial charge >= 0.3 is 5.97 Å². The van der Waals surface area contributed by atoms with Crippen molar-refractivity contribution in [3.63, 3.8) is 0 Å². The summed E-state index contributed by atoms with van der Waals surface area (Å²) in [6.07, 6.45) is 8.43. The fourth-order valence-electron chi connectivity index (χ4n) is 11.1. The van der Waals surface area contributed by atoms with Crippen LogP contribution in [0.1, 0.15) is 97.5 Å². The third-order valence-electron chi connectivity index (χ3n) is 14.2. The minimum atomic E-state index is -1.06. The molecule has 0 spiro atoms. The molecular formula is C54H54N7O7S+. The molecule has 0 radical (unpaired) electrons. The summed E-state index contributed by atoms with van der Waals surface area (Å²) in [7, 11) is 0. The van der Waals surface area contributed by atoms with Crippen molar-refractivity contribution < 1.29 is 33.5 Å². The van der Waals surface area contributed by atoms with Gasteiger partial charge in [0.1, 0.15) is 24.6 Å². The third kappa shape index (κ3) is 8.58. The second kappa shape index (κ2) is 19.0. The van der Waals surface area contributed by atoms with Gasteiger partial charge in [-0.3, -0.25) is 9.59 Å². The number of nitrogens with zero attached hydrogens (tertiary/aromatic N) is 4. The zero-order valence-corrected chi connectivity index (χ0v) is 39.4. The number of rotatable bonds is 14. The molecule has 0 atom stereocenters. The lowest BCUT2D eigenvalue weighted by Gasteiger charge is -2.39. The molecule has 0 saturated carbocycles. The fourth-order valence-corrected chi connectivity index (χ4v) is 11.4. The van der Waals surface area contributed by atoms with Crippen LogP contribution in [0, 0.1) is 6.92 Å². The smallest absolute Gasteiger partial charge is 0.336 e. The van der Waals surface area contributed by atoms with Gasteiger partial charge in [-0.15, -0.1) is 9.32 Å². The van der Waals surface area contributed by atoms with Gasteiger partial charge in [-0.2, -0.15) is 11.0 Å². The molecule has 5 aromatic carbocycles. The number of carbonyl (C=O) groups excluding carboxylic acids is 2. The van der Waals surface area contributed by atoms with E-state index in [0.29, 0.717) is 17.5 Å². The van der Waals surface area contributed by atoms with Crippen molar-refractivity contribution in [2.75, 3.05) is 44.2 Å². The first-order valence-electron chi connectivity index (χ1n) is 24.0. The lowest BCUT2D eigenvalue weighted by atomic mass is 9.81. The van der Waals surface area contributed by atoms with Crippen molar-refractivity contribution in [1.82, 2.24) is 25.0 Å². The van der Waals surface area contributed by atoms with Crippen LogP contribution >= 0.6 is 12.0 Å². The first-order valence-corrected chi connectivity index (χ1v) is 24.8. The summed E-state index contributed by atoms with van der Waals surface area (Å²) in [5, 5.41) is 23.8. The molecule has 2 amide bonds. The van der Waals surface area contributed by atoms with Crippen molar-refractivity contribution in [2.24, 2.45) is 5.90 Å². The molecular weight excluding hydrogens is 891 g/mol. The normalized spacial score (nSPS) is 15.4. The minimum absolute atomic E-state index is 0.130. The molecule has 5 aliphatic rings. The molecule has 0 unspecified atom stereocenters. The Kier molecular flexibility index (Phi) is 12.3. The van der Waals surface area contributed by atoms with Gasteiger partial charge < -0.3 is 25.4 Å². The summed E-state index contributed by atoms with van der Waals surface area (Å²) >= 11 is 0.995. The second-order valence-corrected chi connectivity index (χ2v) is 19.3. The Morgan fingerprint density at radius 1 is 0.826 bits per heavy atom. The van der Waals surface area contributed by atoms with Crippen LogP contribution in [0.2, 0.25) is 0 Å². The molecule has 0 fully saturated rings. The van der Waals surface area contributed by atoms with E-state index in [1.807, 2.05) is 41.9 Å². The van der Waals surface area contributed by atoms with Gasteiger partial charge in [-0.05, 0) is 117 Å². The Morgan fingerprint density at radius 2 is 1.58 bits per heavy atom. The van der Waals surface area contributed by atoms with E-state index < -0.39 is 5.97 Å². The van der Waals surface area contributed by atoms with Gasteiger partial charge in [0, 0.05) is 101 Å². The summed E-state index contributed by atoms with van der Waals surface area (Å²) in [6.45, 7) is 6.51. The number of carboxylic acid groups (broad SMARTS) is 1. The van der Waals surface area contributed by atoms with Gasteiger partial charge in [-0.1, -0.05) is 29.8 Å². The van der Waals surface area contributed by atoms with Crippen molar-refractivity contribution in [3.8, 4) is 28.4 Å². The summed E-state index contributed by atoms with van der Waals surface area (Å²) in [5.41, 5.74) is 13.5. The molecule has 0 bridgehead atoms. The monoisotopic (exact) mass is 944 g/mol. The van der Waals surface area contributed by atoms with Crippen LogP contribution < -0.4 is 41.3 Å². The summed E-state index contributed by atoms with van der Waals surface area (Å²) in [6, 6.07) is 27.2. The third-order valence-corrected chi connectivity index (χ3v) is 14.8. The topological polar surface area (TPSA) is 173 Å². The number of aryl methyl sites for hydroxylation is 4. The van der Waals surface area contributed by atoms with E-state index in [4.69, 9.17) is 20.1 Å². The van der Waals surface area contributed by atoms with Crippen LogP contribution in [0.3, 0.4) is 0 Å². The zero-order chi connectivity index (χ0) is 47.2. The number of ether oxygens (including phenoxy) is 1. The highest BCUT2D eigenvalue weighted by Crippen LogP contribution is 2.49. The van der Waals surface area contributed by atoms with Crippen LogP contribution in [0.15, 0.2) is 89.8 Å². The predicted octanol–water partition coefficient (Wildman–Crippen LogP) is 6.29. The molecule has 15 heteroatoms. The van der Waals surface area contributed by atoms with Crippen molar-refractivity contribution >= 4 is 41.1 Å². The second-order valence-electron chi connectivity index (χ2n) is 18.6. The number of benzene rings is 5. The number of amides is 2. The standard InChI is InChI=1S/C54H53N7O7S/c1-32-10-12-33(13-11-32)46-31-37(58-61(46)38-16-18-39(19-17-38)69-68-67-55)15-21-47(62)56-22-23-57-53(63)36-14-20-40(54(64)65)43(30-36)48-44-28-34-6-2-24-59-26-4-8-41(49(34)59)51(44)66-52-42-9-5-27-60-25-3-7-35(50(42)60)29-45(48)52/h10-14,16-20,28-31H,2-9,15,21-27,55H2,1H3,(H2-,56,57,62,63,64,65)/p+1. The van der Waals surface area contributed by atoms with E-state index in [-0.39, 0.29) is 36.9 Å². The maximum absolute atomic E-state index is 14.0. The van der Waals surface area contributed by atoms with E-state index in [2.05, 4.69) is 61.5 Å². The fraction of sp³-hybridized carbons (Fsp3) is 0.315. The summed E-state index contributed by atoms with van der Waals surface area (Å²) in [5.74, 6) is 5.06. The quantitative estimate of drug-likeness (QED) is 0.0318. The lowest BCUT2D eigenvalue weighted by Crippen LogP contribution is -2.45. The Balaban J connectivity index is 0.837. The number of hydrogen-bond acceptors (Lipinski definition) is 10. The Morgan fingerprint density at radius 3 is 2.38 bits per heavy atom. The average Bonchev–Trinajstić information content (AvgIpc) is 3.80. The van der Waals surface area contributed by atoms with E-state index in [0.717, 1.165) is 151 Å². The summed E-state index contributed by atoms with van der Waals surface area (Å²) < 4.78 is 16.3. The van der Waals surface area contributed by atoms with E-state index in [1.165, 1.54) is 33.3 Å². The average molecular weight is 945 g/mol. The summed E-state index contributed by atoms with van der Waals surface area (Å²) in [4.78, 5) is 47.9. The van der Waals surface area contributed by atoms with Crippen molar-refractivity contribution in [2.45, 2.75) is 76.0 Å². The predicted molar refractivity (Wildman–Crippen MR) is 263 cm³/mol. The number of anilines is 1. The molecule has 5 N–H and O–H groups in total.